The van der Waals surface area contributed by atoms with Crippen LogP contribution in [0.2, 0.25) is 0 Å². The molecule has 1 aromatic rings. The molecule has 0 aliphatic heterocycles. The fourth-order valence-electron chi connectivity index (χ4n) is 1.24. The van der Waals surface area contributed by atoms with Crippen LogP contribution in [0.4, 0.5) is 5.00 Å². The van der Waals surface area contributed by atoms with Crippen LogP contribution in [0.3, 0.4) is 0 Å². The van der Waals surface area contributed by atoms with Gasteiger partial charge in [0, 0.05) is 6.92 Å². The van der Waals surface area contributed by atoms with E-state index in [9.17, 15) is 9.59 Å². The van der Waals surface area contributed by atoms with E-state index in [0.29, 0.717) is 9.88 Å². The molecule has 0 fully saturated rings. The Morgan fingerprint density at radius 1 is 1.47 bits per heavy atom. The average molecular weight is 227 g/mol. The van der Waals surface area contributed by atoms with Crippen molar-refractivity contribution in [3.63, 3.8) is 0 Å². The molecular formula is C10H13NO3S. The summed E-state index contributed by atoms with van der Waals surface area (Å²) in [7, 11) is 0. The summed E-state index contributed by atoms with van der Waals surface area (Å²) in [5, 5.41) is 12.1. The van der Waals surface area contributed by atoms with Crippen LogP contribution < -0.4 is 5.32 Å². The number of carboxylic acids is 1. The maximum atomic E-state index is 10.9. The predicted molar refractivity (Wildman–Crippen MR) is 59.7 cm³/mol. The average Bonchev–Trinajstić information content (AvgIpc) is 2.46. The van der Waals surface area contributed by atoms with Crippen LogP contribution in [0.15, 0.2) is 6.07 Å². The summed E-state index contributed by atoms with van der Waals surface area (Å²) >= 11 is 1.09. The van der Waals surface area contributed by atoms with Crippen molar-refractivity contribution in [1.29, 1.82) is 0 Å². The first-order valence-corrected chi connectivity index (χ1v) is 5.38. The van der Waals surface area contributed by atoms with Gasteiger partial charge in [0.2, 0.25) is 5.91 Å². The van der Waals surface area contributed by atoms with Gasteiger partial charge in [-0.05, 0) is 17.5 Å². The normalized spacial score (nSPS) is 10.4. The highest BCUT2D eigenvalue weighted by Gasteiger charge is 2.17. The van der Waals surface area contributed by atoms with Gasteiger partial charge in [-0.2, -0.15) is 0 Å². The number of hydrogen-bond donors (Lipinski definition) is 2. The molecule has 15 heavy (non-hydrogen) atoms. The highest BCUT2D eigenvalue weighted by Crippen LogP contribution is 2.32. The van der Waals surface area contributed by atoms with Crippen molar-refractivity contribution in [2.24, 2.45) is 0 Å². The fraction of sp³-hybridized carbons (Fsp3) is 0.400. The second-order valence-corrected chi connectivity index (χ2v) is 4.59. The van der Waals surface area contributed by atoms with E-state index in [2.05, 4.69) is 5.32 Å². The van der Waals surface area contributed by atoms with Crippen molar-refractivity contribution in [2.45, 2.75) is 26.7 Å². The van der Waals surface area contributed by atoms with Gasteiger partial charge in [0.05, 0.1) is 5.00 Å². The number of rotatable bonds is 3. The first-order valence-electron chi connectivity index (χ1n) is 4.56. The van der Waals surface area contributed by atoms with Gasteiger partial charge in [0.25, 0.3) is 0 Å². The second kappa shape index (κ2) is 4.44. The molecule has 0 saturated carbocycles. The lowest BCUT2D eigenvalue weighted by Crippen LogP contribution is -2.03. The van der Waals surface area contributed by atoms with Crippen LogP contribution in [-0.2, 0) is 4.79 Å². The van der Waals surface area contributed by atoms with E-state index >= 15 is 0 Å². The van der Waals surface area contributed by atoms with E-state index in [0.717, 1.165) is 16.9 Å². The Morgan fingerprint density at radius 2 is 2.07 bits per heavy atom. The van der Waals surface area contributed by atoms with Gasteiger partial charge in [0.1, 0.15) is 4.88 Å². The number of carboxylic acid groups (broad SMARTS) is 1. The van der Waals surface area contributed by atoms with Gasteiger partial charge in [-0.25, -0.2) is 4.79 Å². The first kappa shape index (κ1) is 11.7. The molecule has 2 N–H and O–H groups in total. The molecule has 0 saturated heterocycles. The lowest BCUT2D eigenvalue weighted by Gasteiger charge is -2.01. The van der Waals surface area contributed by atoms with Crippen LogP contribution in [0, 0.1) is 0 Å². The number of aromatic carboxylic acids is 1. The molecule has 0 atom stereocenters. The summed E-state index contributed by atoms with van der Waals surface area (Å²) in [6.45, 7) is 5.24. The van der Waals surface area contributed by atoms with Crippen molar-refractivity contribution in [1.82, 2.24) is 0 Å². The van der Waals surface area contributed by atoms with Gasteiger partial charge in [-0.15, -0.1) is 11.3 Å². The van der Waals surface area contributed by atoms with Crippen LogP contribution in [0.25, 0.3) is 0 Å². The quantitative estimate of drug-likeness (QED) is 0.833. The number of amides is 1. The van der Waals surface area contributed by atoms with Crippen molar-refractivity contribution < 1.29 is 14.7 Å². The Bertz CT molecular complexity index is 395. The number of carbonyl (C=O) groups excluding carboxylic acids is 1. The third-order valence-electron chi connectivity index (χ3n) is 1.88. The molecule has 5 heteroatoms. The smallest absolute Gasteiger partial charge is 0.346 e. The van der Waals surface area contributed by atoms with Crippen LogP contribution in [0.1, 0.15) is 41.9 Å². The molecule has 0 unspecified atom stereocenters. The highest BCUT2D eigenvalue weighted by molar-refractivity contribution is 7.18. The molecule has 0 aliphatic rings. The van der Waals surface area contributed by atoms with E-state index in [-0.39, 0.29) is 11.8 Å². The Morgan fingerprint density at radius 3 is 2.40 bits per heavy atom. The van der Waals surface area contributed by atoms with Gasteiger partial charge in [-0.3, -0.25) is 4.79 Å². The zero-order valence-electron chi connectivity index (χ0n) is 8.83. The molecule has 4 nitrogen and oxygen atoms in total. The number of thiophene rings is 1. The third kappa shape index (κ3) is 2.79. The standard InChI is InChI=1S/C10H13NO3S/c1-5(2)7-4-8(11-6(3)12)15-9(7)10(13)14/h4-5H,1-3H3,(H,11,12)(H,13,14). The molecule has 0 aliphatic carbocycles. The van der Waals surface area contributed by atoms with E-state index < -0.39 is 5.97 Å². The molecule has 0 spiro atoms. The summed E-state index contributed by atoms with van der Waals surface area (Å²) in [4.78, 5) is 22.0. The van der Waals surface area contributed by atoms with Crippen molar-refractivity contribution in [3.05, 3.63) is 16.5 Å². The summed E-state index contributed by atoms with van der Waals surface area (Å²) in [6, 6.07) is 1.72. The number of carbonyl (C=O) groups is 2. The number of anilines is 1. The Hall–Kier alpha value is -1.36. The minimum absolute atomic E-state index is 0.134. The highest BCUT2D eigenvalue weighted by atomic mass is 32.1. The molecule has 82 valence electrons. The summed E-state index contributed by atoms with van der Waals surface area (Å²) < 4.78 is 0. The van der Waals surface area contributed by atoms with E-state index in [1.807, 2.05) is 13.8 Å². The third-order valence-corrected chi connectivity index (χ3v) is 2.93. The Kier molecular flexibility index (Phi) is 3.47. The van der Waals surface area contributed by atoms with Crippen molar-refractivity contribution >= 4 is 28.2 Å². The predicted octanol–water partition coefficient (Wildman–Crippen LogP) is 2.53. The SMILES string of the molecule is CC(=O)Nc1cc(C(C)C)c(C(=O)O)s1. The lowest BCUT2D eigenvalue weighted by molar-refractivity contribution is -0.114. The van der Waals surface area contributed by atoms with Crippen LogP contribution in [0.5, 0.6) is 0 Å². The zero-order valence-corrected chi connectivity index (χ0v) is 9.64. The molecular weight excluding hydrogens is 214 g/mol. The minimum Gasteiger partial charge on any atom is -0.477 e. The largest absolute Gasteiger partial charge is 0.477 e. The second-order valence-electron chi connectivity index (χ2n) is 3.54. The number of hydrogen-bond acceptors (Lipinski definition) is 3. The van der Waals surface area contributed by atoms with Crippen LogP contribution >= 0.6 is 11.3 Å². The van der Waals surface area contributed by atoms with Gasteiger partial charge in [-0.1, -0.05) is 13.8 Å². The van der Waals surface area contributed by atoms with Gasteiger partial charge < -0.3 is 10.4 Å². The fourth-order valence-corrected chi connectivity index (χ4v) is 2.34. The first-order chi connectivity index (χ1) is 6.91. The molecule has 1 amide bonds. The molecule has 0 radical (unpaired) electrons. The van der Waals surface area contributed by atoms with Crippen LogP contribution in [-0.4, -0.2) is 17.0 Å². The Balaban J connectivity index is 3.09. The van der Waals surface area contributed by atoms with E-state index in [4.69, 9.17) is 5.11 Å². The van der Waals surface area contributed by atoms with Gasteiger partial charge in [0.15, 0.2) is 0 Å². The topological polar surface area (TPSA) is 66.4 Å². The summed E-state index contributed by atoms with van der Waals surface area (Å²) in [6.07, 6.45) is 0. The maximum Gasteiger partial charge on any atom is 0.346 e. The monoisotopic (exact) mass is 227 g/mol. The summed E-state index contributed by atoms with van der Waals surface area (Å²) in [5.74, 6) is -1.00. The minimum atomic E-state index is -0.944. The Labute approximate surface area is 91.9 Å². The zero-order chi connectivity index (χ0) is 11.6. The van der Waals surface area contributed by atoms with Crippen molar-refractivity contribution in [2.75, 3.05) is 5.32 Å². The van der Waals surface area contributed by atoms with E-state index in [1.54, 1.807) is 6.07 Å². The molecule has 0 aromatic carbocycles. The molecule has 1 rings (SSSR count). The summed E-state index contributed by atoms with van der Waals surface area (Å²) in [5.41, 5.74) is 0.760. The van der Waals surface area contributed by atoms with Gasteiger partial charge >= 0.3 is 5.97 Å². The molecule has 1 aromatic heterocycles. The maximum absolute atomic E-state index is 10.9. The lowest BCUT2D eigenvalue weighted by atomic mass is 10.0. The molecule has 0 bridgehead atoms. The molecule has 1 heterocycles. The van der Waals surface area contributed by atoms with E-state index in [1.165, 1.54) is 6.92 Å². The number of nitrogens with one attached hydrogen (secondary N) is 1. The van der Waals surface area contributed by atoms with Crippen molar-refractivity contribution in [3.8, 4) is 0 Å².